The van der Waals surface area contributed by atoms with Gasteiger partial charge in [0.25, 0.3) is 0 Å². The van der Waals surface area contributed by atoms with E-state index in [-0.39, 0.29) is 0 Å². The maximum absolute atomic E-state index is 4.46. The number of benzene rings is 1. The lowest BCUT2D eigenvalue weighted by molar-refractivity contribution is 0.597. The van der Waals surface area contributed by atoms with Crippen LogP contribution < -0.4 is 5.32 Å². The smallest absolute Gasteiger partial charge is 0.116 e. The Kier molecular flexibility index (Phi) is 2.77. The van der Waals surface area contributed by atoms with Gasteiger partial charge in [-0.2, -0.15) is 0 Å². The highest BCUT2D eigenvalue weighted by atomic mass is 14.9. The van der Waals surface area contributed by atoms with Crippen molar-refractivity contribution in [2.45, 2.75) is 32.2 Å². The van der Waals surface area contributed by atoms with E-state index in [1.807, 2.05) is 0 Å². The summed E-state index contributed by atoms with van der Waals surface area (Å²) in [5, 5.41) is 4.73. The summed E-state index contributed by atoms with van der Waals surface area (Å²) in [6, 6.07) is 6.92. The molecule has 17 heavy (non-hydrogen) atoms. The van der Waals surface area contributed by atoms with E-state index in [1.165, 1.54) is 29.5 Å². The molecule has 1 N–H and O–H groups in total. The second kappa shape index (κ2) is 4.41. The Labute approximate surface area is 101 Å². The molecular formula is C14H17N3. The van der Waals surface area contributed by atoms with E-state index in [2.05, 4.69) is 40.4 Å². The van der Waals surface area contributed by atoms with E-state index in [0.29, 0.717) is 6.04 Å². The fraction of sp³-hybridized carbons (Fsp3) is 0.429. The average Bonchev–Trinajstić information content (AvgIpc) is 2.83. The molecule has 1 atom stereocenters. The Morgan fingerprint density at radius 3 is 3.12 bits per heavy atom. The predicted molar refractivity (Wildman–Crippen MR) is 69.0 cm³/mol. The van der Waals surface area contributed by atoms with E-state index >= 15 is 0 Å². The van der Waals surface area contributed by atoms with E-state index in [9.17, 15) is 0 Å². The van der Waals surface area contributed by atoms with E-state index in [1.54, 1.807) is 6.33 Å². The molecule has 3 heteroatoms. The maximum atomic E-state index is 4.46. The first-order chi connectivity index (χ1) is 8.34. The molecule has 1 aliphatic heterocycles. The van der Waals surface area contributed by atoms with Crippen LogP contribution in [-0.4, -0.2) is 22.6 Å². The van der Waals surface area contributed by atoms with Gasteiger partial charge in [-0.05, 0) is 31.9 Å². The van der Waals surface area contributed by atoms with Crippen molar-refractivity contribution >= 4 is 10.9 Å². The van der Waals surface area contributed by atoms with Crippen LogP contribution >= 0.6 is 0 Å². The molecule has 0 amide bonds. The molecule has 3 rings (SSSR count). The van der Waals surface area contributed by atoms with Gasteiger partial charge < -0.3 is 5.32 Å². The first-order valence-electron chi connectivity index (χ1n) is 6.27. The highest BCUT2D eigenvalue weighted by Gasteiger charge is 2.16. The Bertz CT molecular complexity index is 530. The van der Waals surface area contributed by atoms with Crippen molar-refractivity contribution in [3.8, 4) is 0 Å². The number of rotatable bonds is 2. The van der Waals surface area contributed by atoms with E-state index in [0.717, 1.165) is 18.5 Å². The lowest BCUT2D eigenvalue weighted by Crippen LogP contribution is -2.24. The molecule has 3 nitrogen and oxygen atoms in total. The standard InChI is InChI=1S/C14H17N3/c1-10-4-2-6-12-13(16-9-17-14(10)12)8-11-5-3-7-15-11/h2,4,6,9,11,15H,3,5,7-8H2,1H3. The number of nitrogens with one attached hydrogen (secondary N) is 1. The Hall–Kier alpha value is -1.48. The van der Waals surface area contributed by atoms with Crippen molar-refractivity contribution in [1.29, 1.82) is 0 Å². The zero-order valence-electron chi connectivity index (χ0n) is 10.1. The minimum Gasteiger partial charge on any atom is -0.314 e. The first-order valence-corrected chi connectivity index (χ1v) is 6.27. The largest absolute Gasteiger partial charge is 0.314 e. The number of hydrogen-bond acceptors (Lipinski definition) is 3. The molecular weight excluding hydrogens is 210 g/mol. The van der Waals surface area contributed by atoms with Crippen LogP contribution in [0.1, 0.15) is 24.1 Å². The minimum atomic E-state index is 0.591. The van der Waals surface area contributed by atoms with Crippen molar-refractivity contribution in [2.75, 3.05) is 6.54 Å². The van der Waals surface area contributed by atoms with Crippen molar-refractivity contribution in [1.82, 2.24) is 15.3 Å². The predicted octanol–water partition coefficient (Wildman–Crippen LogP) is 2.23. The summed E-state index contributed by atoms with van der Waals surface area (Å²) in [7, 11) is 0. The molecule has 0 aliphatic carbocycles. The zero-order valence-corrected chi connectivity index (χ0v) is 10.1. The number of fused-ring (bicyclic) bond motifs is 1. The molecule has 88 valence electrons. The summed E-state index contributed by atoms with van der Waals surface area (Å²) in [4.78, 5) is 8.84. The molecule has 1 aliphatic rings. The van der Waals surface area contributed by atoms with Crippen LogP contribution in [0.5, 0.6) is 0 Å². The van der Waals surface area contributed by atoms with Gasteiger partial charge in [-0.15, -0.1) is 0 Å². The van der Waals surface area contributed by atoms with Gasteiger partial charge in [0, 0.05) is 17.8 Å². The number of nitrogens with zero attached hydrogens (tertiary/aromatic N) is 2. The zero-order chi connectivity index (χ0) is 11.7. The second-order valence-corrected chi connectivity index (χ2v) is 4.79. The monoisotopic (exact) mass is 227 g/mol. The number of hydrogen-bond donors (Lipinski definition) is 1. The summed E-state index contributed by atoms with van der Waals surface area (Å²) >= 11 is 0. The Morgan fingerprint density at radius 2 is 2.29 bits per heavy atom. The molecule has 1 fully saturated rings. The topological polar surface area (TPSA) is 37.8 Å². The fourth-order valence-corrected chi connectivity index (χ4v) is 2.62. The quantitative estimate of drug-likeness (QED) is 0.855. The highest BCUT2D eigenvalue weighted by Crippen LogP contribution is 2.20. The number of para-hydroxylation sites is 1. The van der Waals surface area contributed by atoms with Gasteiger partial charge in [0.1, 0.15) is 6.33 Å². The summed E-state index contributed by atoms with van der Waals surface area (Å²) in [5.74, 6) is 0. The van der Waals surface area contributed by atoms with Crippen molar-refractivity contribution in [2.24, 2.45) is 0 Å². The fourth-order valence-electron chi connectivity index (χ4n) is 2.62. The molecule has 0 radical (unpaired) electrons. The maximum Gasteiger partial charge on any atom is 0.116 e. The second-order valence-electron chi connectivity index (χ2n) is 4.79. The summed E-state index contributed by atoms with van der Waals surface area (Å²) in [6.45, 7) is 3.25. The van der Waals surface area contributed by atoms with E-state index in [4.69, 9.17) is 0 Å². The third kappa shape index (κ3) is 2.03. The third-order valence-corrected chi connectivity index (χ3v) is 3.55. The van der Waals surface area contributed by atoms with Crippen LogP contribution in [-0.2, 0) is 6.42 Å². The van der Waals surface area contributed by atoms with Gasteiger partial charge in [0.15, 0.2) is 0 Å². The summed E-state index contributed by atoms with van der Waals surface area (Å²) in [5.41, 5.74) is 3.50. The van der Waals surface area contributed by atoms with Crippen molar-refractivity contribution < 1.29 is 0 Å². The lowest BCUT2D eigenvalue weighted by atomic mass is 10.0. The normalized spacial score (nSPS) is 19.9. The van der Waals surface area contributed by atoms with Crippen LogP contribution in [0.3, 0.4) is 0 Å². The van der Waals surface area contributed by atoms with Gasteiger partial charge in [-0.1, -0.05) is 18.2 Å². The molecule has 1 unspecified atom stereocenters. The Balaban J connectivity index is 2.01. The van der Waals surface area contributed by atoms with Crippen LogP contribution in [0.4, 0.5) is 0 Å². The third-order valence-electron chi connectivity index (χ3n) is 3.55. The van der Waals surface area contributed by atoms with Gasteiger partial charge in [0.05, 0.1) is 11.2 Å². The minimum absolute atomic E-state index is 0.591. The van der Waals surface area contributed by atoms with Gasteiger partial charge in [-0.25, -0.2) is 9.97 Å². The van der Waals surface area contributed by atoms with Crippen molar-refractivity contribution in [3.05, 3.63) is 35.8 Å². The number of aryl methyl sites for hydroxylation is 1. The molecule has 1 aromatic heterocycles. The highest BCUT2D eigenvalue weighted by molar-refractivity contribution is 5.83. The molecule has 2 aromatic rings. The molecule has 0 bridgehead atoms. The number of aromatic nitrogens is 2. The lowest BCUT2D eigenvalue weighted by Gasteiger charge is -2.11. The first kappa shape index (κ1) is 10.7. The Morgan fingerprint density at radius 1 is 1.35 bits per heavy atom. The summed E-state index contributed by atoms with van der Waals surface area (Å²) in [6.07, 6.45) is 5.26. The van der Waals surface area contributed by atoms with Crippen LogP contribution in [0, 0.1) is 6.92 Å². The summed E-state index contributed by atoms with van der Waals surface area (Å²) < 4.78 is 0. The van der Waals surface area contributed by atoms with Crippen LogP contribution in [0.2, 0.25) is 0 Å². The molecule has 0 spiro atoms. The molecule has 2 heterocycles. The van der Waals surface area contributed by atoms with Gasteiger partial charge >= 0.3 is 0 Å². The van der Waals surface area contributed by atoms with Crippen molar-refractivity contribution in [3.63, 3.8) is 0 Å². The van der Waals surface area contributed by atoms with Crippen LogP contribution in [0.25, 0.3) is 10.9 Å². The SMILES string of the molecule is Cc1cccc2c(CC3CCCN3)ncnc12. The molecule has 0 saturated carbocycles. The van der Waals surface area contributed by atoms with E-state index < -0.39 is 0 Å². The van der Waals surface area contributed by atoms with Gasteiger partial charge in [0.2, 0.25) is 0 Å². The molecule has 1 saturated heterocycles. The van der Waals surface area contributed by atoms with Crippen LogP contribution in [0.15, 0.2) is 24.5 Å². The average molecular weight is 227 g/mol. The molecule has 1 aromatic carbocycles. The van der Waals surface area contributed by atoms with Gasteiger partial charge in [-0.3, -0.25) is 0 Å².